The second-order valence-electron chi connectivity index (χ2n) is 4.97. The highest BCUT2D eigenvalue weighted by Gasteiger charge is 2.41. The number of carbonyl (C=O) groups excluding carboxylic acids is 1. The van der Waals surface area contributed by atoms with Gasteiger partial charge in [-0.05, 0) is 36.6 Å². The minimum absolute atomic E-state index is 0.219. The van der Waals surface area contributed by atoms with Gasteiger partial charge >= 0.3 is 5.97 Å². The van der Waals surface area contributed by atoms with Crippen molar-refractivity contribution in [2.24, 2.45) is 0 Å². The van der Waals surface area contributed by atoms with E-state index in [0.717, 1.165) is 11.1 Å². The highest BCUT2D eigenvalue weighted by Crippen LogP contribution is 2.37. The molecule has 2 N–H and O–H groups in total. The third-order valence-electron chi connectivity index (χ3n) is 3.82. The smallest absolute Gasteiger partial charge is 0.321 e. The molecule has 0 aliphatic carbocycles. The van der Waals surface area contributed by atoms with Crippen molar-refractivity contribution in [1.29, 1.82) is 0 Å². The number of hydrogen-bond acceptors (Lipinski definition) is 3. The van der Waals surface area contributed by atoms with Crippen LogP contribution in [0.2, 0.25) is 0 Å². The van der Waals surface area contributed by atoms with Crippen molar-refractivity contribution in [2.45, 2.75) is 25.7 Å². The molecule has 0 saturated heterocycles. The SMILES string of the molecule is CCOC(=O)C(CC)(c1ccccc1)c1ccc(N)cc1. The Morgan fingerprint density at radius 3 is 2.10 bits per heavy atom. The van der Waals surface area contributed by atoms with Crippen LogP contribution in [0, 0.1) is 0 Å². The topological polar surface area (TPSA) is 52.3 Å². The molecule has 1 unspecified atom stereocenters. The van der Waals surface area contributed by atoms with Crippen LogP contribution >= 0.6 is 0 Å². The van der Waals surface area contributed by atoms with Crippen molar-refractivity contribution < 1.29 is 9.53 Å². The Morgan fingerprint density at radius 2 is 1.57 bits per heavy atom. The van der Waals surface area contributed by atoms with Gasteiger partial charge < -0.3 is 10.5 Å². The van der Waals surface area contributed by atoms with E-state index in [1.54, 1.807) is 0 Å². The lowest BCUT2D eigenvalue weighted by atomic mass is 9.72. The quantitative estimate of drug-likeness (QED) is 0.674. The summed E-state index contributed by atoms with van der Waals surface area (Å²) in [6, 6.07) is 17.2. The van der Waals surface area contributed by atoms with Gasteiger partial charge in [0.15, 0.2) is 0 Å². The molecule has 2 aromatic carbocycles. The molecule has 1 atom stereocenters. The number of nitrogens with two attached hydrogens (primary N) is 1. The molecule has 3 nitrogen and oxygen atoms in total. The van der Waals surface area contributed by atoms with Crippen LogP contribution in [0.1, 0.15) is 31.4 Å². The fraction of sp³-hybridized carbons (Fsp3) is 0.278. The standard InChI is InChI=1S/C18H21NO2/c1-3-18(17(20)21-4-2,14-8-6-5-7-9-14)15-10-12-16(19)13-11-15/h5-13H,3-4,19H2,1-2H3. The summed E-state index contributed by atoms with van der Waals surface area (Å²) in [4.78, 5) is 12.7. The van der Waals surface area contributed by atoms with Crippen LogP contribution in [0.5, 0.6) is 0 Å². The second-order valence-corrected chi connectivity index (χ2v) is 4.97. The molecule has 0 aliphatic rings. The van der Waals surface area contributed by atoms with Crippen LogP contribution in [0.4, 0.5) is 5.69 Å². The zero-order chi connectivity index (χ0) is 15.3. The average molecular weight is 283 g/mol. The maximum absolute atomic E-state index is 12.7. The van der Waals surface area contributed by atoms with E-state index < -0.39 is 5.41 Å². The molecule has 0 saturated carbocycles. The molecule has 0 amide bonds. The van der Waals surface area contributed by atoms with Gasteiger partial charge in [0, 0.05) is 5.69 Å². The van der Waals surface area contributed by atoms with Crippen molar-refractivity contribution in [3.63, 3.8) is 0 Å². The summed E-state index contributed by atoms with van der Waals surface area (Å²) in [5.74, 6) is -0.219. The summed E-state index contributed by atoms with van der Waals surface area (Å²) in [5.41, 5.74) is 7.51. The van der Waals surface area contributed by atoms with Crippen LogP contribution in [-0.4, -0.2) is 12.6 Å². The first-order chi connectivity index (χ1) is 10.1. The molecule has 3 heteroatoms. The molecule has 21 heavy (non-hydrogen) atoms. The molecule has 110 valence electrons. The van der Waals surface area contributed by atoms with E-state index in [4.69, 9.17) is 10.5 Å². The molecule has 2 rings (SSSR count). The van der Waals surface area contributed by atoms with Crippen molar-refractivity contribution >= 4 is 11.7 Å². The van der Waals surface area contributed by atoms with Gasteiger partial charge in [-0.1, -0.05) is 49.4 Å². The third-order valence-corrected chi connectivity index (χ3v) is 3.82. The maximum atomic E-state index is 12.7. The van der Waals surface area contributed by atoms with Gasteiger partial charge in [0.25, 0.3) is 0 Å². The summed E-state index contributed by atoms with van der Waals surface area (Å²) in [7, 11) is 0. The Hall–Kier alpha value is -2.29. The highest BCUT2D eigenvalue weighted by molar-refractivity contribution is 5.87. The molecule has 0 aliphatic heterocycles. The van der Waals surface area contributed by atoms with Crippen molar-refractivity contribution in [2.75, 3.05) is 12.3 Å². The summed E-state index contributed by atoms with van der Waals surface area (Å²) in [6.07, 6.45) is 0.625. The first kappa shape index (κ1) is 15.1. The fourth-order valence-electron chi connectivity index (χ4n) is 2.70. The number of ether oxygens (including phenoxy) is 1. The number of rotatable bonds is 5. The van der Waals surface area contributed by atoms with E-state index in [-0.39, 0.29) is 5.97 Å². The zero-order valence-electron chi connectivity index (χ0n) is 12.5. The number of anilines is 1. The molecular weight excluding hydrogens is 262 g/mol. The molecule has 0 heterocycles. The summed E-state index contributed by atoms with van der Waals surface area (Å²) in [5, 5.41) is 0. The average Bonchev–Trinajstić information content (AvgIpc) is 2.52. The number of nitrogen functional groups attached to an aromatic ring is 1. The Labute approximate surface area is 125 Å². The van der Waals surface area contributed by atoms with Crippen molar-refractivity contribution in [3.05, 3.63) is 65.7 Å². The Bertz CT molecular complexity index is 592. The molecule has 0 radical (unpaired) electrons. The minimum Gasteiger partial charge on any atom is -0.465 e. The van der Waals surface area contributed by atoms with Crippen LogP contribution < -0.4 is 5.73 Å². The molecule has 0 bridgehead atoms. The number of carbonyl (C=O) groups is 1. The van der Waals surface area contributed by atoms with E-state index in [0.29, 0.717) is 18.7 Å². The molecule has 0 fully saturated rings. The van der Waals surface area contributed by atoms with Gasteiger partial charge in [0.2, 0.25) is 0 Å². The minimum atomic E-state index is -0.787. The van der Waals surface area contributed by atoms with E-state index in [1.165, 1.54) is 0 Å². The van der Waals surface area contributed by atoms with E-state index in [1.807, 2.05) is 68.4 Å². The van der Waals surface area contributed by atoms with Gasteiger partial charge in [0.05, 0.1) is 6.61 Å². The number of benzene rings is 2. The second kappa shape index (κ2) is 6.44. The Morgan fingerprint density at radius 1 is 1.00 bits per heavy atom. The predicted octanol–water partition coefficient (Wildman–Crippen LogP) is 3.53. The Kier molecular flexibility index (Phi) is 4.63. The lowest BCUT2D eigenvalue weighted by Crippen LogP contribution is -2.38. The normalized spacial score (nSPS) is 13.4. The lowest BCUT2D eigenvalue weighted by molar-refractivity contribution is -0.148. The zero-order valence-corrected chi connectivity index (χ0v) is 12.5. The van der Waals surface area contributed by atoms with Crippen molar-refractivity contribution in [1.82, 2.24) is 0 Å². The Balaban J connectivity index is 2.62. The molecule has 0 spiro atoms. The molecule has 0 aromatic heterocycles. The van der Waals surface area contributed by atoms with Crippen LogP contribution in [0.3, 0.4) is 0 Å². The summed E-state index contributed by atoms with van der Waals surface area (Å²) >= 11 is 0. The van der Waals surface area contributed by atoms with Crippen molar-refractivity contribution in [3.8, 4) is 0 Å². The maximum Gasteiger partial charge on any atom is 0.321 e. The van der Waals surface area contributed by atoms with Crippen LogP contribution in [0.15, 0.2) is 54.6 Å². The van der Waals surface area contributed by atoms with Gasteiger partial charge in [-0.15, -0.1) is 0 Å². The van der Waals surface area contributed by atoms with E-state index in [9.17, 15) is 4.79 Å². The predicted molar refractivity (Wildman–Crippen MR) is 85.0 cm³/mol. The number of esters is 1. The van der Waals surface area contributed by atoms with Crippen LogP contribution in [-0.2, 0) is 14.9 Å². The third kappa shape index (κ3) is 2.77. The first-order valence-corrected chi connectivity index (χ1v) is 7.24. The molecular formula is C18H21NO2. The number of hydrogen-bond donors (Lipinski definition) is 1. The van der Waals surface area contributed by atoms with Crippen LogP contribution in [0.25, 0.3) is 0 Å². The van der Waals surface area contributed by atoms with E-state index in [2.05, 4.69) is 0 Å². The molecule has 2 aromatic rings. The monoisotopic (exact) mass is 283 g/mol. The largest absolute Gasteiger partial charge is 0.465 e. The summed E-state index contributed by atoms with van der Waals surface area (Å²) in [6.45, 7) is 4.19. The van der Waals surface area contributed by atoms with Gasteiger partial charge in [-0.3, -0.25) is 4.79 Å². The lowest BCUT2D eigenvalue weighted by Gasteiger charge is -2.31. The van der Waals surface area contributed by atoms with Gasteiger partial charge in [-0.2, -0.15) is 0 Å². The van der Waals surface area contributed by atoms with Gasteiger partial charge in [0.1, 0.15) is 5.41 Å². The highest BCUT2D eigenvalue weighted by atomic mass is 16.5. The summed E-state index contributed by atoms with van der Waals surface area (Å²) < 4.78 is 5.37. The van der Waals surface area contributed by atoms with E-state index >= 15 is 0 Å². The fourth-order valence-corrected chi connectivity index (χ4v) is 2.70. The first-order valence-electron chi connectivity index (χ1n) is 7.24. The van der Waals surface area contributed by atoms with Gasteiger partial charge in [-0.25, -0.2) is 0 Å².